The first-order valence-electron chi connectivity index (χ1n) is 5.61. The molecule has 2 rings (SSSR count). The van der Waals surface area contributed by atoms with E-state index in [1.54, 1.807) is 6.92 Å². The summed E-state index contributed by atoms with van der Waals surface area (Å²) in [6.45, 7) is 1.60. The summed E-state index contributed by atoms with van der Waals surface area (Å²) in [6, 6.07) is 5.78. The van der Waals surface area contributed by atoms with Crippen LogP contribution in [-0.4, -0.2) is 23.9 Å². The molecule has 0 saturated carbocycles. The number of benzene rings is 1. The third-order valence-corrected chi connectivity index (χ3v) is 4.23. The van der Waals surface area contributed by atoms with Crippen LogP contribution in [0.4, 0.5) is 0 Å². The molecule has 1 N–H and O–H groups in total. The Morgan fingerprint density at radius 3 is 2.38 bits per heavy atom. The van der Waals surface area contributed by atoms with Crippen molar-refractivity contribution in [1.29, 1.82) is 0 Å². The molecule has 0 aliphatic carbocycles. The Hall–Kier alpha value is 1.41. The minimum Gasteiger partial charge on any atom is -0.747 e. The zero-order valence-corrected chi connectivity index (χ0v) is 19.1. The quantitative estimate of drug-likeness (QED) is 0.432. The predicted octanol–water partition coefficient (Wildman–Crippen LogP) is -5.46. The monoisotopic (exact) mass is 359 g/mol. The van der Waals surface area contributed by atoms with Crippen molar-refractivity contribution in [2.45, 2.75) is 18.6 Å². The van der Waals surface area contributed by atoms with Crippen molar-refractivity contribution in [2.24, 2.45) is 0 Å². The number of H-pyrrole nitrogens is 1. The largest absolute Gasteiger partial charge is 1.00 e. The van der Waals surface area contributed by atoms with Crippen molar-refractivity contribution in [3.8, 4) is 0 Å². The number of hydrogen-bond acceptors (Lipinski definition) is 5. The average Bonchev–Trinajstić information content (AvgIpc) is 2.69. The van der Waals surface area contributed by atoms with Gasteiger partial charge in [-0.3, -0.25) is 0 Å². The number of aromatic amines is 1. The van der Waals surface area contributed by atoms with Gasteiger partial charge < -0.3 is 19.4 Å². The van der Waals surface area contributed by atoms with Gasteiger partial charge in [-0.1, -0.05) is 19.1 Å². The van der Waals surface area contributed by atoms with Crippen LogP contribution in [0.2, 0.25) is 0 Å². The van der Waals surface area contributed by atoms with Gasteiger partial charge in [-0.05, 0) is 29.5 Å². The molecule has 0 aliphatic heterocycles. The number of hydrogen-bond donors (Lipinski definition) is 1. The molecule has 0 spiro atoms. The third-order valence-electron chi connectivity index (χ3n) is 2.95. The van der Waals surface area contributed by atoms with Gasteiger partial charge in [-0.25, -0.2) is 8.42 Å². The number of nitrogens with one attached hydrogen (secondary N) is 1. The van der Waals surface area contributed by atoms with E-state index in [-0.39, 0.29) is 120 Å². The minimum atomic E-state index is -4.45. The summed E-state index contributed by atoms with van der Waals surface area (Å²) in [5.74, 6) is -1.32. The molecular formula is C12H11K2NO5S. The number of aromatic nitrogens is 1. The number of carboxylic acid groups (broad SMARTS) is 1. The van der Waals surface area contributed by atoms with Gasteiger partial charge in [0.15, 0.2) is 0 Å². The molecule has 21 heavy (non-hydrogen) atoms. The Kier molecular flexibility index (Phi) is 9.65. The number of fused-ring (bicyclic) bond motifs is 1. The van der Waals surface area contributed by atoms with Crippen LogP contribution in [0.15, 0.2) is 24.3 Å². The van der Waals surface area contributed by atoms with Gasteiger partial charge in [0.2, 0.25) is 0 Å². The Bertz CT molecular complexity index is 741. The third kappa shape index (κ3) is 5.47. The molecule has 9 heteroatoms. The Morgan fingerprint density at radius 2 is 1.90 bits per heavy atom. The minimum absolute atomic E-state index is 0. The van der Waals surface area contributed by atoms with Crippen molar-refractivity contribution in [2.75, 3.05) is 0 Å². The number of aromatic carboxylic acids is 1. The van der Waals surface area contributed by atoms with Crippen molar-refractivity contribution in [3.05, 3.63) is 35.5 Å². The van der Waals surface area contributed by atoms with E-state index < -0.39 is 21.3 Å². The number of carbonyl (C=O) groups excluding carboxylic acids is 1. The maximum atomic E-state index is 11.1. The Balaban J connectivity index is 0.00000200. The van der Waals surface area contributed by atoms with Gasteiger partial charge >= 0.3 is 103 Å². The van der Waals surface area contributed by atoms with Crippen LogP contribution in [0.1, 0.15) is 34.6 Å². The molecule has 6 nitrogen and oxygen atoms in total. The normalized spacial score (nSPS) is 12.3. The second-order valence-corrected chi connectivity index (χ2v) is 5.76. The number of carboxylic acids is 1. The van der Waals surface area contributed by atoms with E-state index >= 15 is 0 Å². The molecule has 1 unspecified atom stereocenters. The summed E-state index contributed by atoms with van der Waals surface area (Å²) in [7, 11) is -4.45. The summed E-state index contributed by atoms with van der Waals surface area (Å²) in [6.07, 6.45) is 0.145. The molecule has 0 aliphatic rings. The van der Waals surface area contributed by atoms with Gasteiger partial charge in [0, 0.05) is 11.2 Å². The average molecular weight is 359 g/mol. The van der Waals surface area contributed by atoms with Gasteiger partial charge in [-0.15, -0.1) is 0 Å². The number of carbonyl (C=O) groups is 1. The molecular weight excluding hydrogens is 348 g/mol. The molecule has 1 aromatic heterocycles. The van der Waals surface area contributed by atoms with Crippen LogP contribution in [0.5, 0.6) is 0 Å². The maximum Gasteiger partial charge on any atom is 1.00 e. The van der Waals surface area contributed by atoms with Gasteiger partial charge in [-0.2, -0.15) is 0 Å². The molecule has 0 bridgehead atoms. The fourth-order valence-electron chi connectivity index (χ4n) is 2.03. The molecule has 1 aromatic carbocycles. The van der Waals surface area contributed by atoms with Crippen LogP contribution < -0.4 is 108 Å². The summed E-state index contributed by atoms with van der Waals surface area (Å²) in [4.78, 5) is 13.5. The summed E-state index contributed by atoms with van der Waals surface area (Å²) >= 11 is 0. The first-order valence-corrected chi connectivity index (χ1v) is 7.08. The molecule has 0 amide bonds. The molecule has 0 fully saturated rings. The summed E-state index contributed by atoms with van der Waals surface area (Å²) in [5, 5.41) is 10.2. The fourth-order valence-corrected chi connectivity index (χ4v) is 2.88. The molecule has 0 radical (unpaired) electrons. The molecule has 2 aromatic rings. The van der Waals surface area contributed by atoms with Crippen LogP contribution in [0.3, 0.4) is 0 Å². The van der Waals surface area contributed by atoms with E-state index in [4.69, 9.17) is 0 Å². The zero-order chi connectivity index (χ0) is 14.2. The summed E-state index contributed by atoms with van der Waals surface area (Å²) in [5.41, 5.74) is 0.709. The first-order chi connectivity index (χ1) is 8.82. The standard InChI is InChI=1S/C12H13NO5S.2K/c1-2-11(19(16,17)18)10-5-7-3-4-8(12(14)15)6-9(7)13-10;;/h3-6,11,13H,2H2,1H3,(H,14,15)(H,16,17,18);;/q;2*+1/p-2. The van der Waals surface area contributed by atoms with E-state index in [0.717, 1.165) is 0 Å². The van der Waals surface area contributed by atoms with E-state index in [2.05, 4.69) is 4.98 Å². The first kappa shape index (κ1) is 22.4. The van der Waals surface area contributed by atoms with E-state index in [0.29, 0.717) is 10.9 Å². The van der Waals surface area contributed by atoms with Gasteiger partial charge in [0.25, 0.3) is 0 Å². The molecule has 102 valence electrons. The fraction of sp³-hybridized carbons (Fsp3) is 0.250. The van der Waals surface area contributed by atoms with Crippen molar-refractivity contribution >= 4 is 27.0 Å². The van der Waals surface area contributed by atoms with E-state index in [1.165, 1.54) is 24.3 Å². The molecule has 0 saturated heterocycles. The molecule has 1 atom stereocenters. The van der Waals surface area contributed by atoms with Crippen molar-refractivity contribution in [3.63, 3.8) is 0 Å². The maximum absolute atomic E-state index is 11.1. The molecule has 1 heterocycles. The Labute approximate surface area is 207 Å². The second kappa shape index (κ2) is 9.04. The van der Waals surface area contributed by atoms with Gasteiger partial charge in [0.05, 0.1) is 11.2 Å². The van der Waals surface area contributed by atoms with Crippen LogP contribution >= 0.6 is 0 Å². The van der Waals surface area contributed by atoms with Crippen LogP contribution in [0, 0.1) is 0 Å². The summed E-state index contributed by atoms with van der Waals surface area (Å²) < 4.78 is 33.4. The van der Waals surface area contributed by atoms with Crippen molar-refractivity contribution < 1.29 is 126 Å². The SMILES string of the molecule is CCC(c1cc2ccc(C(=O)[O-])cc2[nH]1)S(=O)(=O)[O-].[K+].[K+]. The van der Waals surface area contributed by atoms with Gasteiger partial charge in [0.1, 0.15) is 10.1 Å². The van der Waals surface area contributed by atoms with E-state index in [9.17, 15) is 22.9 Å². The van der Waals surface area contributed by atoms with Crippen LogP contribution in [0.25, 0.3) is 10.9 Å². The van der Waals surface area contributed by atoms with Crippen LogP contribution in [-0.2, 0) is 10.1 Å². The zero-order valence-electron chi connectivity index (χ0n) is 12.0. The topological polar surface area (TPSA) is 113 Å². The van der Waals surface area contributed by atoms with E-state index in [1.807, 2.05) is 0 Å². The van der Waals surface area contributed by atoms with Crippen molar-refractivity contribution in [1.82, 2.24) is 4.98 Å². The second-order valence-electron chi connectivity index (χ2n) is 4.20. The Morgan fingerprint density at radius 1 is 1.29 bits per heavy atom. The number of rotatable bonds is 4. The predicted molar refractivity (Wildman–Crippen MR) is 65.4 cm³/mol. The smallest absolute Gasteiger partial charge is 0.747 e.